The molecule has 0 bridgehead atoms. The first-order chi connectivity index (χ1) is 15.0. The summed E-state index contributed by atoms with van der Waals surface area (Å²) in [5.41, 5.74) is 0.993. The molecular weight excluding hydrogens is 428 g/mol. The van der Waals surface area contributed by atoms with Gasteiger partial charge in [0.15, 0.2) is 17.5 Å². The van der Waals surface area contributed by atoms with Crippen LogP contribution in [0.2, 0.25) is 0 Å². The first kappa shape index (κ1) is 20.8. The average molecular weight is 445 g/mol. The Morgan fingerprint density at radius 1 is 1.23 bits per heavy atom. The van der Waals surface area contributed by atoms with Crippen molar-refractivity contribution in [3.63, 3.8) is 0 Å². The predicted molar refractivity (Wildman–Crippen MR) is 110 cm³/mol. The van der Waals surface area contributed by atoms with Gasteiger partial charge in [-0.25, -0.2) is 28.3 Å². The maximum Gasteiger partial charge on any atom is 0.415 e. The number of nitrogens with one attached hydrogen (secondary N) is 2. The number of aromatic nitrogens is 2. The molecule has 0 radical (unpaired) electrons. The zero-order chi connectivity index (χ0) is 21.8. The summed E-state index contributed by atoms with van der Waals surface area (Å²) in [5, 5.41) is 0. The van der Waals surface area contributed by atoms with Crippen molar-refractivity contribution in [2.45, 2.75) is 13.1 Å². The third-order valence-corrected chi connectivity index (χ3v) is 4.87. The second-order valence-electron chi connectivity index (χ2n) is 6.43. The van der Waals surface area contributed by atoms with Gasteiger partial charge in [-0.1, -0.05) is 0 Å². The number of benzene rings is 1. The molecule has 2 N–H and O–H groups in total. The maximum absolute atomic E-state index is 14.7. The van der Waals surface area contributed by atoms with E-state index in [1.54, 1.807) is 19.2 Å². The lowest BCUT2D eigenvalue weighted by atomic mass is 10.1. The number of rotatable bonds is 7. The van der Waals surface area contributed by atoms with Crippen molar-refractivity contribution >= 4 is 24.0 Å². The number of pyridine rings is 2. The van der Waals surface area contributed by atoms with Crippen molar-refractivity contribution in [1.82, 2.24) is 19.6 Å². The minimum Gasteiger partial charge on any atom is -0.436 e. The SMILES string of the molecule is CNSNc1nccc(CN2Cc3ccc(Oc4ncccc4F)cc3OC2=O)c1F. The molecule has 11 heteroatoms. The second-order valence-corrected chi connectivity index (χ2v) is 7.24. The van der Waals surface area contributed by atoms with E-state index in [1.807, 2.05) is 0 Å². The summed E-state index contributed by atoms with van der Waals surface area (Å²) < 4.78 is 44.7. The zero-order valence-corrected chi connectivity index (χ0v) is 17.1. The number of hydrogen-bond acceptors (Lipinski definition) is 8. The molecule has 1 aliphatic rings. The number of halogens is 2. The number of carbonyl (C=O) groups is 1. The van der Waals surface area contributed by atoms with Crippen molar-refractivity contribution in [1.29, 1.82) is 0 Å². The molecule has 3 aromatic rings. The highest BCUT2D eigenvalue weighted by molar-refractivity contribution is 7.98. The number of nitrogens with zero attached hydrogens (tertiary/aromatic N) is 3. The highest BCUT2D eigenvalue weighted by Crippen LogP contribution is 2.33. The molecule has 1 aromatic carbocycles. The van der Waals surface area contributed by atoms with Crippen LogP contribution in [0.1, 0.15) is 11.1 Å². The Kier molecular flexibility index (Phi) is 6.14. The first-order valence-corrected chi connectivity index (χ1v) is 9.97. The normalized spacial score (nSPS) is 12.9. The monoisotopic (exact) mass is 445 g/mol. The van der Waals surface area contributed by atoms with Gasteiger partial charge < -0.3 is 9.47 Å². The zero-order valence-electron chi connectivity index (χ0n) is 16.3. The summed E-state index contributed by atoms with van der Waals surface area (Å²) in [6.45, 7) is 0.213. The van der Waals surface area contributed by atoms with Crippen LogP contribution in [0.15, 0.2) is 48.8 Å². The number of fused-ring (bicyclic) bond motifs is 1. The van der Waals surface area contributed by atoms with Crippen LogP contribution >= 0.6 is 12.1 Å². The van der Waals surface area contributed by atoms with Crippen molar-refractivity contribution in [2.75, 3.05) is 11.8 Å². The largest absolute Gasteiger partial charge is 0.436 e. The fourth-order valence-corrected chi connectivity index (χ4v) is 3.25. The van der Waals surface area contributed by atoms with E-state index >= 15 is 0 Å². The molecule has 160 valence electrons. The van der Waals surface area contributed by atoms with Gasteiger partial charge in [-0.2, -0.15) is 0 Å². The number of amides is 1. The minimum absolute atomic E-state index is 0.00290. The highest BCUT2D eigenvalue weighted by atomic mass is 32.2. The third kappa shape index (κ3) is 4.67. The molecule has 8 nitrogen and oxygen atoms in total. The predicted octanol–water partition coefficient (Wildman–Crippen LogP) is 4.26. The Morgan fingerprint density at radius 3 is 2.90 bits per heavy atom. The molecule has 0 unspecified atom stereocenters. The average Bonchev–Trinajstić information content (AvgIpc) is 2.76. The fourth-order valence-electron chi connectivity index (χ4n) is 2.91. The fraction of sp³-hybridized carbons (Fsp3) is 0.150. The van der Waals surface area contributed by atoms with Gasteiger partial charge in [0.05, 0.1) is 13.1 Å². The van der Waals surface area contributed by atoms with Crippen LogP contribution in [0, 0.1) is 11.6 Å². The Bertz CT molecular complexity index is 1120. The van der Waals surface area contributed by atoms with Crippen LogP contribution in [0.4, 0.5) is 19.4 Å². The number of anilines is 1. The topological polar surface area (TPSA) is 88.6 Å². The Morgan fingerprint density at radius 2 is 2.10 bits per heavy atom. The molecule has 0 atom stereocenters. The van der Waals surface area contributed by atoms with E-state index in [0.717, 1.165) is 12.1 Å². The van der Waals surface area contributed by atoms with Crippen molar-refractivity contribution < 1.29 is 23.0 Å². The van der Waals surface area contributed by atoms with Gasteiger partial charge in [-0.15, -0.1) is 0 Å². The minimum atomic E-state index is -0.635. The van der Waals surface area contributed by atoms with Gasteiger partial charge in [0.25, 0.3) is 5.88 Å². The quantitative estimate of drug-likeness (QED) is 0.522. The second kappa shape index (κ2) is 9.14. The van der Waals surface area contributed by atoms with Gasteiger partial charge in [-0.3, -0.25) is 9.62 Å². The molecule has 0 saturated heterocycles. The van der Waals surface area contributed by atoms with E-state index in [-0.39, 0.29) is 36.3 Å². The number of hydrogen-bond donors (Lipinski definition) is 2. The van der Waals surface area contributed by atoms with Crippen molar-refractivity contribution in [3.05, 3.63) is 71.6 Å². The molecule has 4 rings (SSSR count). The standard InChI is InChI=1S/C20H17F2N5O3S/c1-23-31-26-18-17(22)13(6-8-24-18)11-27-10-12-4-5-14(9-16(12)30-20(27)28)29-19-15(21)3-2-7-25-19/h2-9,23H,10-11H2,1H3,(H,24,26). The molecule has 0 fully saturated rings. The summed E-state index contributed by atoms with van der Waals surface area (Å²) in [6.07, 6.45) is 2.23. The van der Waals surface area contributed by atoms with E-state index in [4.69, 9.17) is 9.47 Å². The maximum atomic E-state index is 14.7. The van der Waals surface area contributed by atoms with Crippen LogP contribution in [0.3, 0.4) is 0 Å². The number of ether oxygens (including phenoxy) is 2. The Labute approximate surface area is 180 Å². The van der Waals surface area contributed by atoms with Crippen LogP contribution in [-0.2, 0) is 13.1 Å². The highest BCUT2D eigenvalue weighted by Gasteiger charge is 2.27. The summed E-state index contributed by atoms with van der Waals surface area (Å²) in [7, 11) is 1.68. The van der Waals surface area contributed by atoms with Crippen molar-refractivity contribution in [3.8, 4) is 17.4 Å². The smallest absolute Gasteiger partial charge is 0.415 e. The van der Waals surface area contributed by atoms with Crippen LogP contribution in [-0.4, -0.2) is 28.0 Å². The van der Waals surface area contributed by atoms with Crippen LogP contribution < -0.4 is 18.9 Å². The van der Waals surface area contributed by atoms with Gasteiger partial charge in [0.1, 0.15) is 11.5 Å². The Balaban J connectivity index is 1.49. The molecular formula is C20H17F2N5O3S. The molecule has 0 spiro atoms. The lowest BCUT2D eigenvalue weighted by Gasteiger charge is -2.28. The van der Waals surface area contributed by atoms with Crippen LogP contribution in [0.5, 0.6) is 17.4 Å². The summed E-state index contributed by atoms with van der Waals surface area (Å²) in [6, 6.07) is 9.00. The molecule has 3 heterocycles. The van der Waals surface area contributed by atoms with Crippen molar-refractivity contribution in [2.24, 2.45) is 0 Å². The van der Waals surface area contributed by atoms with Gasteiger partial charge in [0.2, 0.25) is 0 Å². The molecule has 31 heavy (non-hydrogen) atoms. The van der Waals surface area contributed by atoms with E-state index < -0.39 is 17.7 Å². The van der Waals surface area contributed by atoms with Gasteiger partial charge in [-0.05, 0) is 37.4 Å². The van der Waals surface area contributed by atoms with Gasteiger partial charge >= 0.3 is 6.09 Å². The van der Waals surface area contributed by atoms with Gasteiger partial charge in [0, 0.05) is 41.7 Å². The Hall–Kier alpha value is -3.44. The van der Waals surface area contributed by atoms with E-state index in [0.29, 0.717) is 11.1 Å². The lowest BCUT2D eigenvalue weighted by molar-refractivity contribution is 0.134. The van der Waals surface area contributed by atoms with E-state index in [1.165, 1.54) is 41.6 Å². The molecule has 0 saturated carbocycles. The summed E-state index contributed by atoms with van der Waals surface area (Å²) in [5.74, 6) is -0.713. The summed E-state index contributed by atoms with van der Waals surface area (Å²) >= 11 is 1.08. The summed E-state index contributed by atoms with van der Waals surface area (Å²) in [4.78, 5) is 21.6. The van der Waals surface area contributed by atoms with E-state index in [9.17, 15) is 13.6 Å². The van der Waals surface area contributed by atoms with E-state index in [2.05, 4.69) is 19.4 Å². The molecule has 1 aliphatic heterocycles. The van der Waals surface area contributed by atoms with Crippen LogP contribution in [0.25, 0.3) is 0 Å². The number of carbonyl (C=O) groups excluding carboxylic acids is 1. The molecule has 0 aliphatic carbocycles. The lowest BCUT2D eigenvalue weighted by Crippen LogP contribution is -2.36. The molecule has 2 aromatic heterocycles. The molecule has 1 amide bonds. The third-order valence-electron chi connectivity index (χ3n) is 4.37. The first-order valence-electron chi connectivity index (χ1n) is 9.15.